The van der Waals surface area contributed by atoms with Crippen molar-refractivity contribution in [3.63, 3.8) is 0 Å². The summed E-state index contributed by atoms with van der Waals surface area (Å²) in [5.41, 5.74) is 7.28. The van der Waals surface area contributed by atoms with Gasteiger partial charge in [-0.15, -0.1) is 24.8 Å². The van der Waals surface area contributed by atoms with E-state index in [0.29, 0.717) is 18.2 Å². The molecule has 120 valence electrons. The van der Waals surface area contributed by atoms with Crippen LogP contribution in [0.15, 0.2) is 24.3 Å². The number of halogens is 2. The van der Waals surface area contributed by atoms with Gasteiger partial charge in [-0.2, -0.15) is 0 Å². The molecule has 1 fully saturated rings. The molecule has 0 heterocycles. The molecule has 1 aromatic rings. The predicted molar refractivity (Wildman–Crippen MR) is 91.4 cm³/mol. The standard InChI is InChI=1S/C15H23N3O.2ClH/c1-18(2)14(12-7-8-12)10-17-15(19)13-5-3-11(9-16)4-6-13;;/h3-6,12,14H,7-10,16H2,1-2H3,(H,17,19);2*1H. The van der Waals surface area contributed by atoms with Crippen LogP contribution in [-0.2, 0) is 6.54 Å². The molecule has 1 atom stereocenters. The van der Waals surface area contributed by atoms with Crippen molar-refractivity contribution in [1.29, 1.82) is 0 Å². The minimum absolute atomic E-state index is 0. The lowest BCUT2D eigenvalue weighted by atomic mass is 10.1. The maximum atomic E-state index is 12.1. The van der Waals surface area contributed by atoms with Gasteiger partial charge in [0.25, 0.3) is 5.91 Å². The zero-order valence-electron chi connectivity index (χ0n) is 12.5. The van der Waals surface area contributed by atoms with Crippen LogP contribution in [0.5, 0.6) is 0 Å². The first kappa shape index (κ1) is 20.2. The second-order valence-electron chi connectivity index (χ2n) is 5.48. The fourth-order valence-electron chi connectivity index (χ4n) is 2.34. The van der Waals surface area contributed by atoms with E-state index in [9.17, 15) is 4.79 Å². The van der Waals surface area contributed by atoms with Gasteiger partial charge in [-0.1, -0.05) is 12.1 Å². The number of hydrogen-bond acceptors (Lipinski definition) is 3. The molecule has 4 nitrogen and oxygen atoms in total. The molecular formula is C15H25Cl2N3O. The number of nitrogens with zero attached hydrogens (tertiary/aromatic N) is 1. The third kappa shape index (κ3) is 5.83. The normalized spacial score (nSPS) is 14.9. The summed E-state index contributed by atoms with van der Waals surface area (Å²) in [7, 11) is 4.15. The van der Waals surface area contributed by atoms with Gasteiger partial charge in [0, 0.05) is 24.7 Å². The van der Waals surface area contributed by atoms with Crippen LogP contribution in [0, 0.1) is 5.92 Å². The molecule has 1 amide bonds. The van der Waals surface area contributed by atoms with E-state index in [2.05, 4.69) is 24.3 Å². The van der Waals surface area contributed by atoms with E-state index in [1.165, 1.54) is 12.8 Å². The van der Waals surface area contributed by atoms with Crippen molar-refractivity contribution in [3.05, 3.63) is 35.4 Å². The van der Waals surface area contributed by atoms with Crippen LogP contribution >= 0.6 is 24.8 Å². The molecular weight excluding hydrogens is 309 g/mol. The highest BCUT2D eigenvalue weighted by Crippen LogP contribution is 2.34. The molecule has 0 saturated heterocycles. The number of benzene rings is 1. The highest BCUT2D eigenvalue weighted by Gasteiger charge is 2.32. The van der Waals surface area contributed by atoms with Crippen molar-refractivity contribution < 1.29 is 4.79 Å². The molecule has 2 rings (SSSR count). The SMILES string of the molecule is CN(C)C(CNC(=O)c1ccc(CN)cc1)C1CC1.Cl.Cl. The summed E-state index contributed by atoms with van der Waals surface area (Å²) in [6.45, 7) is 1.22. The molecule has 0 radical (unpaired) electrons. The van der Waals surface area contributed by atoms with Crippen molar-refractivity contribution in [3.8, 4) is 0 Å². The minimum Gasteiger partial charge on any atom is -0.350 e. The Kier molecular flexibility index (Phi) is 8.90. The molecule has 1 saturated carbocycles. The highest BCUT2D eigenvalue weighted by molar-refractivity contribution is 5.94. The van der Waals surface area contributed by atoms with Gasteiger partial charge in [0.2, 0.25) is 0 Å². The smallest absolute Gasteiger partial charge is 0.251 e. The van der Waals surface area contributed by atoms with Crippen molar-refractivity contribution in [2.45, 2.75) is 25.4 Å². The molecule has 1 unspecified atom stereocenters. The number of nitrogens with one attached hydrogen (secondary N) is 1. The molecule has 0 aliphatic heterocycles. The van der Waals surface area contributed by atoms with Gasteiger partial charge in [-0.05, 0) is 50.6 Å². The lowest BCUT2D eigenvalue weighted by molar-refractivity contribution is 0.0939. The Morgan fingerprint density at radius 1 is 1.29 bits per heavy atom. The largest absolute Gasteiger partial charge is 0.350 e. The number of carbonyl (C=O) groups is 1. The lowest BCUT2D eigenvalue weighted by Crippen LogP contribution is -2.41. The Hall–Kier alpha value is -0.810. The van der Waals surface area contributed by atoms with Crippen LogP contribution in [0.25, 0.3) is 0 Å². The van der Waals surface area contributed by atoms with E-state index in [4.69, 9.17) is 5.73 Å². The third-order valence-corrected chi connectivity index (χ3v) is 3.75. The first-order valence-corrected chi connectivity index (χ1v) is 6.85. The molecule has 1 aliphatic carbocycles. The summed E-state index contributed by atoms with van der Waals surface area (Å²) in [5.74, 6) is 0.742. The van der Waals surface area contributed by atoms with E-state index in [1.54, 1.807) is 0 Å². The third-order valence-electron chi connectivity index (χ3n) is 3.75. The van der Waals surface area contributed by atoms with Crippen LogP contribution in [0.3, 0.4) is 0 Å². The first-order chi connectivity index (χ1) is 9.11. The van der Waals surface area contributed by atoms with Gasteiger partial charge >= 0.3 is 0 Å². The minimum atomic E-state index is -0.00364. The van der Waals surface area contributed by atoms with Gasteiger partial charge in [-0.3, -0.25) is 4.79 Å². The Labute approximate surface area is 139 Å². The Morgan fingerprint density at radius 3 is 2.29 bits per heavy atom. The van der Waals surface area contributed by atoms with Gasteiger partial charge < -0.3 is 16.0 Å². The summed E-state index contributed by atoms with van der Waals surface area (Å²) in [6, 6.07) is 7.92. The van der Waals surface area contributed by atoms with Gasteiger partial charge in [0.1, 0.15) is 0 Å². The lowest BCUT2D eigenvalue weighted by Gasteiger charge is -2.24. The quantitative estimate of drug-likeness (QED) is 0.837. The predicted octanol–water partition coefficient (Wildman–Crippen LogP) is 2.06. The maximum absolute atomic E-state index is 12.1. The number of nitrogens with two attached hydrogens (primary N) is 1. The molecule has 0 bridgehead atoms. The zero-order chi connectivity index (χ0) is 13.8. The number of carbonyl (C=O) groups excluding carboxylic acids is 1. The summed E-state index contributed by atoms with van der Waals surface area (Å²) in [4.78, 5) is 14.3. The molecule has 1 aromatic carbocycles. The first-order valence-electron chi connectivity index (χ1n) is 6.85. The van der Waals surface area contributed by atoms with Crippen LogP contribution in [0.1, 0.15) is 28.8 Å². The number of hydrogen-bond donors (Lipinski definition) is 2. The van der Waals surface area contributed by atoms with Crippen molar-refractivity contribution in [2.24, 2.45) is 11.7 Å². The van der Waals surface area contributed by atoms with Crippen molar-refractivity contribution in [2.75, 3.05) is 20.6 Å². The molecule has 0 aromatic heterocycles. The second-order valence-corrected chi connectivity index (χ2v) is 5.48. The fraction of sp³-hybridized carbons (Fsp3) is 0.533. The number of likely N-dealkylation sites (N-methyl/N-ethyl adjacent to an activating group) is 1. The molecule has 21 heavy (non-hydrogen) atoms. The fourth-order valence-corrected chi connectivity index (χ4v) is 2.34. The number of amides is 1. The van der Waals surface area contributed by atoms with Crippen LogP contribution < -0.4 is 11.1 Å². The average molecular weight is 334 g/mol. The van der Waals surface area contributed by atoms with Crippen LogP contribution in [-0.4, -0.2) is 37.5 Å². The van der Waals surface area contributed by atoms with Gasteiger partial charge in [0.15, 0.2) is 0 Å². The molecule has 0 spiro atoms. The summed E-state index contributed by atoms with van der Waals surface area (Å²) in [5, 5.41) is 3.03. The van der Waals surface area contributed by atoms with Crippen molar-refractivity contribution >= 4 is 30.7 Å². The maximum Gasteiger partial charge on any atom is 0.251 e. The highest BCUT2D eigenvalue weighted by atomic mass is 35.5. The topological polar surface area (TPSA) is 58.4 Å². The number of rotatable bonds is 6. The van der Waals surface area contributed by atoms with Gasteiger partial charge in [-0.25, -0.2) is 0 Å². The monoisotopic (exact) mass is 333 g/mol. The average Bonchev–Trinajstić information content (AvgIpc) is 3.23. The van der Waals surface area contributed by atoms with Crippen LogP contribution in [0.2, 0.25) is 0 Å². The van der Waals surface area contributed by atoms with E-state index in [-0.39, 0.29) is 30.7 Å². The second kappa shape index (κ2) is 9.26. The van der Waals surface area contributed by atoms with E-state index >= 15 is 0 Å². The summed E-state index contributed by atoms with van der Waals surface area (Å²) in [6.07, 6.45) is 2.56. The molecule has 3 N–H and O–H groups in total. The Balaban J connectivity index is 0.00000200. The summed E-state index contributed by atoms with van der Waals surface area (Å²) >= 11 is 0. The zero-order valence-corrected chi connectivity index (χ0v) is 14.2. The Bertz CT molecular complexity index is 431. The molecule has 1 aliphatic rings. The van der Waals surface area contributed by atoms with E-state index in [1.807, 2.05) is 24.3 Å². The van der Waals surface area contributed by atoms with E-state index in [0.717, 1.165) is 18.0 Å². The summed E-state index contributed by atoms with van der Waals surface area (Å²) < 4.78 is 0. The molecule has 6 heteroatoms. The van der Waals surface area contributed by atoms with Crippen molar-refractivity contribution in [1.82, 2.24) is 10.2 Å². The Morgan fingerprint density at radius 2 is 1.86 bits per heavy atom. The van der Waals surface area contributed by atoms with Gasteiger partial charge in [0.05, 0.1) is 0 Å². The van der Waals surface area contributed by atoms with Crippen LogP contribution in [0.4, 0.5) is 0 Å². The van der Waals surface area contributed by atoms with E-state index < -0.39 is 0 Å².